The van der Waals surface area contributed by atoms with Crippen molar-refractivity contribution >= 4 is 7.82 Å². The van der Waals surface area contributed by atoms with Gasteiger partial charge in [-0.2, -0.15) is 0 Å². The van der Waals surface area contributed by atoms with Gasteiger partial charge in [-0.25, -0.2) is 4.57 Å². The number of para-hydroxylation sites is 1. The Morgan fingerprint density at radius 1 is 0.800 bits per heavy atom. The molecule has 0 bridgehead atoms. The summed E-state index contributed by atoms with van der Waals surface area (Å²) in [6.07, 6.45) is 1.58. The van der Waals surface area contributed by atoms with Crippen LogP contribution in [0.3, 0.4) is 0 Å². The molecule has 1 atom stereocenters. The zero-order valence-electron chi connectivity index (χ0n) is 17.8. The Morgan fingerprint density at radius 2 is 1.37 bits per heavy atom. The van der Waals surface area contributed by atoms with E-state index in [1.165, 1.54) is 5.56 Å². The van der Waals surface area contributed by atoms with Crippen molar-refractivity contribution in [1.29, 1.82) is 0 Å². The molecule has 0 saturated carbocycles. The maximum Gasteiger partial charge on any atom is 1.00 e. The predicted octanol–water partition coefficient (Wildman–Crippen LogP) is 2.03. The summed E-state index contributed by atoms with van der Waals surface area (Å²) in [5.41, 5.74) is 4.39. The van der Waals surface area contributed by atoms with Gasteiger partial charge in [0.15, 0.2) is 0 Å². The minimum absolute atomic E-state index is 0. The first-order valence-electron chi connectivity index (χ1n) is 9.34. The molecule has 0 radical (unpaired) electrons. The SMILES string of the molecule is COc1c(C)cc(CCc2cccc(OP(=O)([O-])Oc3ccccc3)c2)cc1C.[Na+]. The molecule has 0 aliphatic rings. The van der Waals surface area contributed by atoms with Crippen LogP contribution in [0.5, 0.6) is 17.2 Å². The number of ether oxygens (including phenoxy) is 1. The number of benzene rings is 3. The van der Waals surface area contributed by atoms with E-state index in [0.29, 0.717) is 0 Å². The number of hydrogen-bond donors (Lipinski definition) is 0. The topological polar surface area (TPSA) is 67.8 Å². The third-order valence-corrected chi connectivity index (χ3v) is 5.37. The summed E-state index contributed by atoms with van der Waals surface area (Å²) in [5.74, 6) is 1.36. The third kappa shape index (κ3) is 6.90. The van der Waals surface area contributed by atoms with Gasteiger partial charge in [-0.1, -0.05) is 42.5 Å². The standard InChI is InChI=1S/C23H25O5P.Na/c1-17-14-20(15-18(2)23(17)26-3)13-12-19-8-7-11-22(16-19)28-29(24,25)27-21-9-5-4-6-10-21;/h4-11,14-16H,12-13H2,1-3H3,(H,24,25);/q;+1/p-1. The van der Waals surface area contributed by atoms with Crippen LogP contribution in [0.2, 0.25) is 0 Å². The van der Waals surface area contributed by atoms with Gasteiger partial charge in [0.1, 0.15) is 17.2 Å². The molecule has 1 unspecified atom stereocenters. The molecule has 0 aliphatic heterocycles. The van der Waals surface area contributed by atoms with Crippen molar-refractivity contribution in [2.75, 3.05) is 7.11 Å². The van der Waals surface area contributed by atoms with E-state index in [1.54, 1.807) is 55.6 Å². The monoisotopic (exact) mass is 434 g/mol. The first-order chi connectivity index (χ1) is 13.9. The molecule has 0 N–H and O–H groups in total. The molecule has 3 aromatic rings. The van der Waals surface area contributed by atoms with Crippen LogP contribution in [0.4, 0.5) is 0 Å². The van der Waals surface area contributed by atoms with Crippen molar-refractivity contribution in [2.24, 2.45) is 0 Å². The Bertz CT molecular complexity index is 1000. The van der Waals surface area contributed by atoms with E-state index in [-0.39, 0.29) is 41.1 Å². The summed E-state index contributed by atoms with van der Waals surface area (Å²) in [4.78, 5) is 12.2. The number of phosphoric ester groups is 1. The Hall–Kier alpha value is -1.75. The number of hydrogen-bond acceptors (Lipinski definition) is 5. The molecule has 0 saturated heterocycles. The molecule has 0 fully saturated rings. The van der Waals surface area contributed by atoms with Crippen molar-refractivity contribution < 1.29 is 52.8 Å². The van der Waals surface area contributed by atoms with Crippen molar-refractivity contribution in [2.45, 2.75) is 26.7 Å². The van der Waals surface area contributed by atoms with Crippen LogP contribution in [0.1, 0.15) is 22.3 Å². The third-order valence-electron chi connectivity index (χ3n) is 4.50. The fraction of sp³-hybridized carbons (Fsp3) is 0.217. The molecule has 0 aliphatic carbocycles. The molecular formula is C23H24NaO5P. The summed E-state index contributed by atoms with van der Waals surface area (Å²) in [6.45, 7) is 4.06. The molecule has 152 valence electrons. The average Bonchev–Trinajstić information content (AvgIpc) is 2.66. The van der Waals surface area contributed by atoms with Gasteiger partial charge in [-0.3, -0.25) is 0 Å². The van der Waals surface area contributed by atoms with Crippen LogP contribution < -0.4 is 48.2 Å². The van der Waals surface area contributed by atoms with E-state index in [2.05, 4.69) is 12.1 Å². The fourth-order valence-electron chi connectivity index (χ4n) is 3.31. The summed E-state index contributed by atoms with van der Waals surface area (Å²) in [5, 5.41) is 0. The smallest absolute Gasteiger partial charge is 0.736 e. The van der Waals surface area contributed by atoms with Crippen LogP contribution in [-0.4, -0.2) is 7.11 Å². The molecule has 5 nitrogen and oxygen atoms in total. The van der Waals surface area contributed by atoms with Gasteiger partial charge in [0.05, 0.1) is 7.11 Å². The van der Waals surface area contributed by atoms with Crippen LogP contribution in [0.15, 0.2) is 66.7 Å². The number of methoxy groups -OCH3 is 1. The Kier molecular flexibility index (Phi) is 9.02. The Balaban J connectivity index is 0.00000320. The molecule has 0 heterocycles. The van der Waals surface area contributed by atoms with Crippen LogP contribution in [0.25, 0.3) is 0 Å². The van der Waals surface area contributed by atoms with Gasteiger partial charge in [-0.05, 0) is 73.2 Å². The van der Waals surface area contributed by atoms with E-state index >= 15 is 0 Å². The number of aryl methyl sites for hydroxylation is 4. The van der Waals surface area contributed by atoms with Gasteiger partial charge in [0, 0.05) is 0 Å². The summed E-state index contributed by atoms with van der Waals surface area (Å²) >= 11 is 0. The van der Waals surface area contributed by atoms with Crippen LogP contribution in [-0.2, 0) is 17.4 Å². The Labute approximate surface area is 199 Å². The predicted molar refractivity (Wildman–Crippen MR) is 112 cm³/mol. The molecule has 0 amide bonds. The average molecular weight is 434 g/mol. The zero-order chi connectivity index (χ0) is 20.9. The second kappa shape index (κ2) is 11.0. The number of phosphoric acid groups is 1. The van der Waals surface area contributed by atoms with Gasteiger partial charge in [-0.15, -0.1) is 0 Å². The molecule has 3 rings (SSSR count). The van der Waals surface area contributed by atoms with Crippen LogP contribution in [0, 0.1) is 13.8 Å². The van der Waals surface area contributed by atoms with Crippen LogP contribution >= 0.6 is 7.82 Å². The van der Waals surface area contributed by atoms with Crippen molar-refractivity contribution in [3.05, 3.63) is 89.0 Å². The largest absolute Gasteiger partial charge is 1.00 e. The maximum atomic E-state index is 12.2. The van der Waals surface area contributed by atoms with Crippen molar-refractivity contribution in [3.8, 4) is 17.2 Å². The van der Waals surface area contributed by atoms with Crippen molar-refractivity contribution in [1.82, 2.24) is 0 Å². The fourth-order valence-corrected chi connectivity index (χ4v) is 4.10. The zero-order valence-corrected chi connectivity index (χ0v) is 20.6. The molecule has 30 heavy (non-hydrogen) atoms. The van der Waals surface area contributed by atoms with E-state index in [9.17, 15) is 9.46 Å². The van der Waals surface area contributed by atoms with E-state index in [4.69, 9.17) is 13.8 Å². The summed E-state index contributed by atoms with van der Waals surface area (Å²) in [7, 11) is -2.84. The molecule has 3 aromatic carbocycles. The molecule has 7 heteroatoms. The second-order valence-corrected chi connectivity index (χ2v) is 8.11. The molecular weight excluding hydrogens is 410 g/mol. The number of rotatable bonds is 8. The van der Waals surface area contributed by atoms with E-state index in [1.807, 2.05) is 19.9 Å². The molecule has 0 spiro atoms. The van der Waals surface area contributed by atoms with Crippen molar-refractivity contribution in [3.63, 3.8) is 0 Å². The van der Waals surface area contributed by atoms with E-state index < -0.39 is 7.82 Å². The van der Waals surface area contributed by atoms with Gasteiger partial charge < -0.3 is 18.7 Å². The Morgan fingerprint density at radius 3 is 2.00 bits per heavy atom. The first kappa shape index (κ1) is 24.5. The first-order valence-corrected chi connectivity index (χ1v) is 10.8. The second-order valence-electron chi connectivity index (χ2n) is 6.85. The normalized spacial score (nSPS) is 12.4. The minimum Gasteiger partial charge on any atom is -0.736 e. The minimum atomic E-state index is -4.52. The summed E-state index contributed by atoms with van der Waals surface area (Å²) < 4.78 is 27.7. The maximum absolute atomic E-state index is 12.2. The quantitative estimate of drug-likeness (QED) is 0.401. The van der Waals surface area contributed by atoms with Gasteiger partial charge >= 0.3 is 37.4 Å². The van der Waals surface area contributed by atoms with E-state index in [0.717, 1.165) is 35.3 Å². The van der Waals surface area contributed by atoms with Gasteiger partial charge in [0.2, 0.25) is 0 Å². The summed E-state index contributed by atoms with van der Waals surface area (Å²) in [6, 6.07) is 19.6. The molecule has 0 aromatic heterocycles. The van der Waals surface area contributed by atoms with Gasteiger partial charge in [0.25, 0.3) is 0 Å².